The highest BCUT2D eigenvalue weighted by Gasteiger charge is 2.13. The first-order chi connectivity index (χ1) is 6.52. The van der Waals surface area contributed by atoms with E-state index < -0.39 is 5.91 Å². The van der Waals surface area contributed by atoms with E-state index in [-0.39, 0.29) is 11.7 Å². The molecular weight excluding hydrogens is 202 g/mol. The highest BCUT2D eigenvalue weighted by Crippen LogP contribution is 2.17. The number of amides is 1. The van der Waals surface area contributed by atoms with Gasteiger partial charge >= 0.3 is 0 Å². The van der Waals surface area contributed by atoms with Gasteiger partial charge in [0.05, 0.1) is 5.75 Å². The molecule has 1 heterocycles. The molecule has 6 nitrogen and oxygen atoms in total. The lowest BCUT2D eigenvalue weighted by atomic mass is 10.2. The van der Waals surface area contributed by atoms with E-state index in [9.17, 15) is 4.79 Å². The van der Waals surface area contributed by atoms with Gasteiger partial charge in [-0.25, -0.2) is 4.68 Å². The number of thioether (sulfide) groups is 1. The predicted molar refractivity (Wildman–Crippen MR) is 54.2 cm³/mol. The minimum Gasteiger partial charge on any atom is -0.369 e. The average molecular weight is 215 g/mol. The smallest absolute Gasteiger partial charge is 0.227 e. The minimum absolute atomic E-state index is 0.160. The maximum Gasteiger partial charge on any atom is 0.227 e. The summed E-state index contributed by atoms with van der Waals surface area (Å²) in [7, 11) is 0. The van der Waals surface area contributed by atoms with Crippen LogP contribution in [-0.4, -0.2) is 26.5 Å². The van der Waals surface area contributed by atoms with Crippen LogP contribution in [0.3, 0.4) is 0 Å². The zero-order valence-electron chi connectivity index (χ0n) is 8.10. The number of aromatic nitrogens is 3. The third-order valence-electron chi connectivity index (χ3n) is 1.55. The van der Waals surface area contributed by atoms with Crippen LogP contribution in [0, 0.1) is 0 Å². The third-order valence-corrected chi connectivity index (χ3v) is 2.52. The van der Waals surface area contributed by atoms with Crippen LogP contribution in [0.15, 0.2) is 5.16 Å². The second-order valence-corrected chi connectivity index (χ2v) is 4.06. The molecule has 0 radical (unpaired) electrons. The Morgan fingerprint density at radius 3 is 2.64 bits per heavy atom. The molecule has 7 heteroatoms. The molecule has 0 fully saturated rings. The Hall–Kier alpha value is -1.24. The van der Waals surface area contributed by atoms with Crippen LogP contribution in [0.25, 0.3) is 0 Å². The Balaban J connectivity index is 2.74. The van der Waals surface area contributed by atoms with Gasteiger partial charge in [0.2, 0.25) is 11.1 Å². The zero-order valence-corrected chi connectivity index (χ0v) is 8.91. The van der Waals surface area contributed by atoms with Crippen LogP contribution >= 0.6 is 11.8 Å². The molecule has 4 N–H and O–H groups in total. The maximum absolute atomic E-state index is 10.5. The number of nitrogens with zero attached hydrogens (tertiary/aromatic N) is 3. The summed E-state index contributed by atoms with van der Waals surface area (Å²) in [5.74, 6) is 6.37. The third kappa shape index (κ3) is 2.38. The first kappa shape index (κ1) is 10.8. The van der Waals surface area contributed by atoms with E-state index in [1.807, 2.05) is 13.8 Å². The monoisotopic (exact) mass is 215 g/mol. The van der Waals surface area contributed by atoms with Crippen molar-refractivity contribution in [3.05, 3.63) is 5.82 Å². The predicted octanol–water partition coefficient (Wildman–Crippen LogP) is -0.307. The van der Waals surface area contributed by atoms with Gasteiger partial charge in [-0.05, 0) is 0 Å². The van der Waals surface area contributed by atoms with Crippen LogP contribution in [-0.2, 0) is 4.79 Å². The van der Waals surface area contributed by atoms with Crippen molar-refractivity contribution >= 4 is 17.7 Å². The van der Waals surface area contributed by atoms with Gasteiger partial charge in [0.15, 0.2) is 5.82 Å². The molecular formula is C7H13N5OS. The van der Waals surface area contributed by atoms with Gasteiger partial charge in [-0.2, -0.15) is 0 Å². The molecule has 0 saturated heterocycles. The zero-order chi connectivity index (χ0) is 10.7. The van der Waals surface area contributed by atoms with E-state index in [0.29, 0.717) is 11.0 Å². The van der Waals surface area contributed by atoms with Crippen LogP contribution in [0.2, 0.25) is 0 Å². The molecule has 0 bridgehead atoms. The molecule has 0 unspecified atom stereocenters. The van der Waals surface area contributed by atoms with Crippen molar-refractivity contribution in [1.82, 2.24) is 14.9 Å². The molecule has 14 heavy (non-hydrogen) atoms. The fourth-order valence-electron chi connectivity index (χ4n) is 0.916. The molecule has 1 amide bonds. The summed E-state index contributed by atoms with van der Waals surface area (Å²) in [4.78, 5) is 10.5. The Morgan fingerprint density at radius 2 is 2.21 bits per heavy atom. The largest absolute Gasteiger partial charge is 0.369 e. The van der Waals surface area contributed by atoms with Gasteiger partial charge in [-0.1, -0.05) is 25.6 Å². The molecule has 0 spiro atoms. The van der Waals surface area contributed by atoms with Crippen molar-refractivity contribution in [2.75, 3.05) is 11.6 Å². The van der Waals surface area contributed by atoms with Gasteiger partial charge in [-0.15, -0.1) is 10.2 Å². The van der Waals surface area contributed by atoms with Crippen molar-refractivity contribution in [3.8, 4) is 0 Å². The molecule has 1 aromatic rings. The number of nitrogen functional groups attached to an aromatic ring is 1. The molecule has 1 rings (SSSR count). The number of hydrogen-bond donors (Lipinski definition) is 2. The summed E-state index contributed by atoms with van der Waals surface area (Å²) in [5, 5.41) is 8.27. The quantitative estimate of drug-likeness (QED) is 0.530. The van der Waals surface area contributed by atoms with Gasteiger partial charge in [0.25, 0.3) is 0 Å². The number of carbonyl (C=O) groups excluding carboxylic acids is 1. The lowest BCUT2D eigenvalue weighted by molar-refractivity contribution is -0.115. The first-order valence-electron chi connectivity index (χ1n) is 4.14. The molecule has 0 aliphatic heterocycles. The van der Waals surface area contributed by atoms with E-state index in [1.165, 1.54) is 16.4 Å². The van der Waals surface area contributed by atoms with E-state index in [0.717, 1.165) is 0 Å². The lowest BCUT2D eigenvalue weighted by Gasteiger charge is -2.04. The van der Waals surface area contributed by atoms with Crippen LogP contribution in [0.4, 0.5) is 0 Å². The molecule has 0 saturated carbocycles. The summed E-state index contributed by atoms with van der Waals surface area (Å²) in [6.45, 7) is 3.94. The lowest BCUT2D eigenvalue weighted by Crippen LogP contribution is -2.17. The van der Waals surface area contributed by atoms with Crippen molar-refractivity contribution in [1.29, 1.82) is 0 Å². The number of primary amides is 1. The minimum atomic E-state index is -0.399. The molecule has 1 aromatic heterocycles. The van der Waals surface area contributed by atoms with Crippen LogP contribution in [0.1, 0.15) is 25.6 Å². The summed E-state index contributed by atoms with van der Waals surface area (Å²) < 4.78 is 1.39. The highest BCUT2D eigenvalue weighted by atomic mass is 32.2. The van der Waals surface area contributed by atoms with E-state index >= 15 is 0 Å². The number of rotatable bonds is 4. The standard InChI is InChI=1S/C7H13N5OS/c1-4(2)6-10-11-7(12(6)9)14-3-5(8)13/h4H,3,9H2,1-2H3,(H2,8,13). The molecule has 0 aromatic carbocycles. The SMILES string of the molecule is CC(C)c1nnc(SCC(N)=O)n1N. The summed E-state index contributed by atoms with van der Waals surface area (Å²) in [6, 6.07) is 0. The van der Waals surface area contributed by atoms with Crippen LogP contribution in [0.5, 0.6) is 0 Å². The second-order valence-electron chi connectivity index (χ2n) is 3.12. The van der Waals surface area contributed by atoms with Crippen molar-refractivity contribution < 1.29 is 4.79 Å². The van der Waals surface area contributed by atoms with E-state index in [2.05, 4.69) is 10.2 Å². The number of nitrogens with two attached hydrogens (primary N) is 2. The van der Waals surface area contributed by atoms with Crippen molar-refractivity contribution in [2.24, 2.45) is 5.73 Å². The molecule has 0 atom stereocenters. The molecule has 78 valence electrons. The fourth-order valence-corrected chi connectivity index (χ4v) is 1.52. The Morgan fingerprint density at radius 1 is 1.57 bits per heavy atom. The second kappa shape index (κ2) is 4.32. The molecule has 0 aliphatic carbocycles. The normalized spacial score (nSPS) is 10.8. The summed E-state index contributed by atoms with van der Waals surface area (Å²) in [5.41, 5.74) is 5.00. The first-order valence-corrected chi connectivity index (χ1v) is 5.12. The van der Waals surface area contributed by atoms with E-state index in [4.69, 9.17) is 11.6 Å². The Labute approximate surface area is 86.0 Å². The van der Waals surface area contributed by atoms with Gasteiger partial charge in [0.1, 0.15) is 0 Å². The average Bonchev–Trinajstić information content (AvgIpc) is 2.43. The Kier molecular flexibility index (Phi) is 3.34. The number of carbonyl (C=O) groups is 1. The topological polar surface area (TPSA) is 99.8 Å². The van der Waals surface area contributed by atoms with Crippen molar-refractivity contribution in [3.63, 3.8) is 0 Å². The van der Waals surface area contributed by atoms with E-state index in [1.54, 1.807) is 0 Å². The van der Waals surface area contributed by atoms with Crippen LogP contribution < -0.4 is 11.6 Å². The van der Waals surface area contributed by atoms with Gasteiger partial charge in [-0.3, -0.25) is 4.79 Å². The maximum atomic E-state index is 10.5. The molecule has 0 aliphatic rings. The van der Waals surface area contributed by atoms with Crippen molar-refractivity contribution in [2.45, 2.75) is 24.9 Å². The fraction of sp³-hybridized carbons (Fsp3) is 0.571. The highest BCUT2D eigenvalue weighted by molar-refractivity contribution is 7.99. The van der Waals surface area contributed by atoms with Gasteiger partial charge in [0, 0.05) is 5.92 Å². The Bertz CT molecular complexity index is 335. The number of hydrogen-bond acceptors (Lipinski definition) is 5. The van der Waals surface area contributed by atoms with Gasteiger partial charge < -0.3 is 11.6 Å². The summed E-state index contributed by atoms with van der Waals surface area (Å²) in [6.07, 6.45) is 0. The summed E-state index contributed by atoms with van der Waals surface area (Å²) >= 11 is 1.18.